The molecule has 0 fully saturated rings. The number of aliphatic hydroxyl groups is 1. The highest BCUT2D eigenvalue weighted by Gasteiger charge is 2.07. The Balaban J connectivity index is 1.86. The van der Waals surface area contributed by atoms with Crippen LogP contribution in [0.5, 0.6) is 5.75 Å². The standard InChI is InChI=1S/C15H20N2O2S/c1-11-5-4-6-12(2)14(11)19-7-8-20-15-16-9-13(10-18)17(15)3/h4-6,9,18H,7-8,10H2,1-3H3. The summed E-state index contributed by atoms with van der Waals surface area (Å²) in [6.45, 7) is 4.77. The molecule has 0 radical (unpaired) electrons. The molecule has 20 heavy (non-hydrogen) atoms. The van der Waals surface area contributed by atoms with Crippen LogP contribution in [-0.4, -0.2) is 27.0 Å². The van der Waals surface area contributed by atoms with Crippen molar-refractivity contribution in [2.24, 2.45) is 7.05 Å². The summed E-state index contributed by atoms with van der Waals surface area (Å²) in [4.78, 5) is 4.28. The number of rotatable bonds is 6. The van der Waals surface area contributed by atoms with E-state index in [1.165, 1.54) is 0 Å². The largest absolute Gasteiger partial charge is 0.492 e. The van der Waals surface area contributed by atoms with E-state index in [1.54, 1.807) is 18.0 Å². The number of imidazole rings is 1. The van der Waals surface area contributed by atoms with Gasteiger partial charge < -0.3 is 14.4 Å². The number of aliphatic hydroxyl groups excluding tert-OH is 1. The minimum Gasteiger partial charge on any atom is -0.492 e. The molecule has 0 atom stereocenters. The first-order valence-corrected chi connectivity index (χ1v) is 7.55. The van der Waals surface area contributed by atoms with E-state index in [2.05, 4.69) is 31.0 Å². The third-order valence-electron chi connectivity index (χ3n) is 3.17. The zero-order valence-electron chi connectivity index (χ0n) is 12.1. The first-order chi connectivity index (χ1) is 9.63. The fraction of sp³-hybridized carbons (Fsp3) is 0.400. The van der Waals surface area contributed by atoms with Gasteiger partial charge in [-0.3, -0.25) is 0 Å². The van der Waals surface area contributed by atoms with Crippen molar-refractivity contribution in [1.29, 1.82) is 0 Å². The average Bonchev–Trinajstić information content (AvgIpc) is 2.78. The Morgan fingerprint density at radius 3 is 2.60 bits per heavy atom. The lowest BCUT2D eigenvalue weighted by atomic mass is 10.1. The monoisotopic (exact) mass is 292 g/mol. The second kappa shape index (κ2) is 6.81. The predicted octanol–water partition coefficient (Wildman–Crippen LogP) is 2.70. The maximum atomic E-state index is 9.12. The van der Waals surface area contributed by atoms with Crippen molar-refractivity contribution in [2.45, 2.75) is 25.6 Å². The van der Waals surface area contributed by atoms with Crippen LogP contribution < -0.4 is 4.74 Å². The van der Waals surface area contributed by atoms with Crippen LogP contribution in [0.3, 0.4) is 0 Å². The number of aromatic nitrogens is 2. The zero-order chi connectivity index (χ0) is 14.5. The Kier molecular flexibility index (Phi) is 5.09. The van der Waals surface area contributed by atoms with E-state index in [0.29, 0.717) is 6.61 Å². The molecule has 108 valence electrons. The predicted molar refractivity (Wildman–Crippen MR) is 81.3 cm³/mol. The Morgan fingerprint density at radius 2 is 2.00 bits per heavy atom. The van der Waals surface area contributed by atoms with Crippen molar-refractivity contribution in [3.8, 4) is 5.75 Å². The van der Waals surface area contributed by atoms with Crippen LogP contribution in [0.4, 0.5) is 0 Å². The second-order valence-electron chi connectivity index (χ2n) is 4.67. The van der Waals surface area contributed by atoms with Gasteiger partial charge in [-0.25, -0.2) is 4.98 Å². The van der Waals surface area contributed by atoms with E-state index in [1.807, 2.05) is 17.7 Å². The molecule has 0 aliphatic carbocycles. The number of hydrogen-bond donors (Lipinski definition) is 1. The molecule has 0 aliphatic rings. The quantitative estimate of drug-likeness (QED) is 0.657. The zero-order valence-corrected chi connectivity index (χ0v) is 12.9. The lowest BCUT2D eigenvalue weighted by Crippen LogP contribution is -2.04. The molecule has 1 aromatic carbocycles. The van der Waals surface area contributed by atoms with Crippen LogP contribution in [-0.2, 0) is 13.7 Å². The van der Waals surface area contributed by atoms with Gasteiger partial charge in [-0.2, -0.15) is 0 Å². The minimum atomic E-state index is 0.0168. The molecule has 2 aromatic rings. The maximum absolute atomic E-state index is 9.12. The van der Waals surface area contributed by atoms with Crippen LogP contribution in [0, 0.1) is 13.8 Å². The van der Waals surface area contributed by atoms with E-state index in [9.17, 15) is 0 Å². The summed E-state index contributed by atoms with van der Waals surface area (Å²) in [6, 6.07) is 6.15. The summed E-state index contributed by atoms with van der Waals surface area (Å²) in [7, 11) is 1.91. The fourth-order valence-electron chi connectivity index (χ4n) is 2.01. The van der Waals surface area contributed by atoms with Crippen molar-refractivity contribution in [1.82, 2.24) is 9.55 Å². The maximum Gasteiger partial charge on any atom is 0.168 e. The highest BCUT2D eigenvalue weighted by molar-refractivity contribution is 7.99. The minimum absolute atomic E-state index is 0.0168. The summed E-state index contributed by atoms with van der Waals surface area (Å²) in [6.07, 6.45) is 1.70. The number of hydrogen-bond acceptors (Lipinski definition) is 4. The molecule has 0 aliphatic heterocycles. The lowest BCUT2D eigenvalue weighted by Gasteiger charge is -2.11. The summed E-state index contributed by atoms with van der Waals surface area (Å²) in [5.74, 6) is 1.80. The molecular formula is C15H20N2O2S. The highest BCUT2D eigenvalue weighted by Crippen LogP contribution is 2.23. The van der Waals surface area contributed by atoms with Gasteiger partial charge in [0.2, 0.25) is 0 Å². The summed E-state index contributed by atoms with van der Waals surface area (Å²) in [5.41, 5.74) is 3.15. The van der Waals surface area contributed by atoms with Gasteiger partial charge in [-0.15, -0.1) is 0 Å². The van der Waals surface area contributed by atoms with E-state index >= 15 is 0 Å². The molecular weight excluding hydrogens is 272 g/mol. The van der Waals surface area contributed by atoms with Crippen LogP contribution in [0.2, 0.25) is 0 Å². The Labute approximate surface area is 123 Å². The van der Waals surface area contributed by atoms with E-state index in [0.717, 1.165) is 33.5 Å². The number of ether oxygens (including phenoxy) is 1. The van der Waals surface area contributed by atoms with Crippen LogP contribution in [0.15, 0.2) is 29.6 Å². The second-order valence-corrected chi connectivity index (χ2v) is 5.73. The smallest absolute Gasteiger partial charge is 0.168 e. The molecule has 4 nitrogen and oxygen atoms in total. The molecule has 0 unspecified atom stereocenters. The summed E-state index contributed by atoms with van der Waals surface area (Å²) >= 11 is 1.63. The van der Waals surface area contributed by atoms with E-state index in [-0.39, 0.29) is 6.61 Å². The van der Waals surface area contributed by atoms with Crippen LogP contribution >= 0.6 is 11.8 Å². The molecule has 2 rings (SSSR count). The Hall–Kier alpha value is -1.46. The van der Waals surface area contributed by atoms with Crippen LogP contribution in [0.1, 0.15) is 16.8 Å². The molecule has 0 amide bonds. The van der Waals surface area contributed by atoms with Gasteiger partial charge in [0.1, 0.15) is 5.75 Å². The van der Waals surface area contributed by atoms with Crippen LogP contribution in [0.25, 0.3) is 0 Å². The average molecular weight is 292 g/mol. The van der Waals surface area contributed by atoms with Crippen molar-refractivity contribution >= 4 is 11.8 Å². The molecule has 1 aromatic heterocycles. The number of benzene rings is 1. The molecule has 0 bridgehead atoms. The van der Waals surface area contributed by atoms with Gasteiger partial charge in [-0.05, 0) is 25.0 Å². The van der Waals surface area contributed by atoms with Gasteiger partial charge in [0, 0.05) is 12.8 Å². The van der Waals surface area contributed by atoms with Gasteiger partial charge in [0.25, 0.3) is 0 Å². The third kappa shape index (κ3) is 3.35. The van der Waals surface area contributed by atoms with E-state index in [4.69, 9.17) is 9.84 Å². The highest BCUT2D eigenvalue weighted by atomic mass is 32.2. The number of nitrogens with zero attached hydrogens (tertiary/aromatic N) is 2. The Morgan fingerprint density at radius 1 is 1.30 bits per heavy atom. The fourth-order valence-corrected chi connectivity index (χ4v) is 2.80. The molecule has 0 saturated heterocycles. The Bertz CT molecular complexity index is 561. The first kappa shape index (κ1) is 14.9. The number of thioether (sulfide) groups is 1. The van der Waals surface area contributed by atoms with Crippen molar-refractivity contribution in [3.63, 3.8) is 0 Å². The van der Waals surface area contributed by atoms with Gasteiger partial charge in [0.15, 0.2) is 5.16 Å². The third-order valence-corrected chi connectivity index (χ3v) is 4.18. The van der Waals surface area contributed by atoms with Crippen molar-refractivity contribution < 1.29 is 9.84 Å². The molecule has 0 spiro atoms. The van der Waals surface area contributed by atoms with Gasteiger partial charge in [-0.1, -0.05) is 30.0 Å². The number of para-hydroxylation sites is 1. The molecule has 5 heteroatoms. The van der Waals surface area contributed by atoms with Crippen molar-refractivity contribution in [2.75, 3.05) is 12.4 Å². The summed E-state index contributed by atoms with van der Waals surface area (Å²) < 4.78 is 7.76. The van der Waals surface area contributed by atoms with E-state index < -0.39 is 0 Å². The summed E-state index contributed by atoms with van der Waals surface area (Å²) in [5, 5.41) is 10.0. The van der Waals surface area contributed by atoms with Gasteiger partial charge in [0.05, 0.1) is 25.1 Å². The normalized spacial score (nSPS) is 10.8. The number of aryl methyl sites for hydroxylation is 2. The van der Waals surface area contributed by atoms with Crippen molar-refractivity contribution in [3.05, 3.63) is 41.2 Å². The first-order valence-electron chi connectivity index (χ1n) is 6.56. The lowest BCUT2D eigenvalue weighted by molar-refractivity contribution is 0.271. The molecule has 0 saturated carbocycles. The topological polar surface area (TPSA) is 47.3 Å². The van der Waals surface area contributed by atoms with Gasteiger partial charge >= 0.3 is 0 Å². The SMILES string of the molecule is Cc1cccc(C)c1OCCSc1ncc(CO)n1C. The molecule has 1 heterocycles. The molecule has 1 N–H and O–H groups in total.